The molecule has 0 aliphatic heterocycles. The summed E-state index contributed by atoms with van der Waals surface area (Å²) in [4.78, 5) is 8.20. The van der Waals surface area contributed by atoms with Gasteiger partial charge in [-0.05, 0) is 32.4 Å². The molecular formula is C12H17N5. The summed E-state index contributed by atoms with van der Waals surface area (Å²) in [7, 11) is 0. The van der Waals surface area contributed by atoms with Crippen molar-refractivity contribution >= 4 is 5.95 Å². The highest BCUT2D eigenvalue weighted by Crippen LogP contribution is 2.03. The van der Waals surface area contributed by atoms with Crippen LogP contribution in [0.15, 0.2) is 24.5 Å². The molecule has 2 aromatic heterocycles. The maximum atomic E-state index is 4.41. The lowest BCUT2D eigenvalue weighted by Crippen LogP contribution is -2.10. The van der Waals surface area contributed by atoms with Gasteiger partial charge in [0, 0.05) is 31.2 Å². The van der Waals surface area contributed by atoms with Crippen LogP contribution in [0.2, 0.25) is 0 Å². The minimum atomic E-state index is 0.681. The Hall–Kier alpha value is -1.91. The van der Waals surface area contributed by atoms with Gasteiger partial charge in [-0.1, -0.05) is 0 Å². The molecule has 2 heterocycles. The number of anilines is 1. The summed E-state index contributed by atoms with van der Waals surface area (Å²) >= 11 is 0. The molecule has 2 aromatic rings. The molecule has 17 heavy (non-hydrogen) atoms. The third kappa shape index (κ3) is 3.27. The molecule has 0 amide bonds. The minimum absolute atomic E-state index is 0.681. The zero-order valence-corrected chi connectivity index (χ0v) is 10.2. The molecule has 90 valence electrons. The van der Waals surface area contributed by atoms with Gasteiger partial charge >= 0.3 is 0 Å². The maximum absolute atomic E-state index is 4.41. The molecule has 0 spiro atoms. The van der Waals surface area contributed by atoms with Crippen LogP contribution < -0.4 is 5.32 Å². The Morgan fingerprint density at radius 2 is 2.00 bits per heavy atom. The van der Waals surface area contributed by atoms with Crippen LogP contribution in [0.5, 0.6) is 0 Å². The fourth-order valence-corrected chi connectivity index (χ4v) is 1.72. The Bertz CT molecular complexity index is 463. The standard InChI is InChI=1S/C12H17N5/c1-10-9-11(2)17(16-10)8-4-7-15-12-13-5-3-6-14-12/h3,5-6,9H,4,7-8H2,1-2H3,(H,13,14,15). The highest BCUT2D eigenvalue weighted by molar-refractivity contribution is 5.21. The van der Waals surface area contributed by atoms with Gasteiger partial charge in [0.1, 0.15) is 0 Å². The molecule has 5 nitrogen and oxygen atoms in total. The molecule has 0 bridgehead atoms. The second-order valence-electron chi connectivity index (χ2n) is 4.00. The summed E-state index contributed by atoms with van der Waals surface area (Å²) < 4.78 is 2.03. The van der Waals surface area contributed by atoms with E-state index < -0.39 is 0 Å². The molecule has 5 heteroatoms. The van der Waals surface area contributed by atoms with Gasteiger partial charge in [0.2, 0.25) is 5.95 Å². The summed E-state index contributed by atoms with van der Waals surface area (Å²) in [5.41, 5.74) is 2.28. The summed E-state index contributed by atoms with van der Waals surface area (Å²) in [6.45, 7) is 5.86. The zero-order valence-electron chi connectivity index (χ0n) is 10.2. The normalized spacial score (nSPS) is 10.5. The number of aromatic nitrogens is 4. The van der Waals surface area contributed by atoms with Gasteiger partial charge in [0.05, 0.1) is 5.69 Å². The first-order valence-electron chi connectivity index (χ1n) is 5.77. The summed E-state index contributed by atoms with van der Waals surface area (Å²) in [5.74, 6) is 0.681. The molecule has 0 unspecified atom stereocenters. The highest BCUT2D eigenvalue weighted by Gasteiger charge is 2.00. The first-order valence-corrected chi connectivity index (χ1v) is 5.77. The van der Waals surface area contributed by atoms with Gasteiger partial charge in [0.25, 0.3) is 0 Å². The van der Waals surface area contributed by atoms with Crippen molar-refractivity contribution in [2.75, 3.05) is 11.9 Å². The Morgan fingerprint density at radius 1 is 1.24 bits per heavy atom. The first-order chi connectivity index (χ1) is 8.25. The molecule has 0 atom stereocenters. The van der Waals surface area contributed by atoms with Crippen LogP contribution >= 0.6 is 0 Å². The average molecular weight is 231 g/mol. The average Bonchev–Trinajstić information content (AvgIpc) is 2.65. The van der Waals surface area contributed by atoms with E-state index in [4.69, 9.17) is 0 Å². The Labute approximate surface area is 101 Å². The third-order valence-electron chi connectivity index (χ3n) is 2.50. The lowest BCUT2D eigenvalue weighted by Gasteiger charge is -2.05. The van der Waals surface area contributed by atoms with Crippen LogP contribution in [-0.2, 0) is 6.54 Å². The van der Waals surface area contributed by atoms with Crippen LogP contribution in [0, 0.1) is 13.8 Å². The predicted molar refractivity (Wildman–Crippen MR) is 66.8 cm³/mol. The fraction of sp³-hybridized carbons (Fsp3) is 0.417. The highest BCUT2D eigenvalue weighted by atomic mass is 15.3. The second kappa shape index (κ2) is 5.43. The number of nitrogens with zero attached hydrogens (tertiary/aromatic N) is 4. The van der Waals surface area contributed by atoms with Crippen LogP contribution in [-0.4, -0.2) is 26.3 Å². The molecule has 0 saturated carbocycles. The second-order valence-corrected chi connectivity index (χ2v) is 4.00. The lowest BCUT2D eigenvalue weighted by molar-refractivity contribution is 0.573. The quantitative estimate of drug-likeness (QED) is 0.797. The van der Waals surface area contributed by atoms with Crippen LogP contribution in [0.4, 0.5) is 5.95 Å². The van der Waals surface area contributed by atoms with Gasteiger partial charge in [0.15, 0.2) is 0 Å². The van der Waals surface area contributed by atoms with E-state index in [9.17, 15) is 0 Å². The smallest absolute Gasteiger partial charge is 0.222 e. The van der Waals surface area contributed by atoms with Crippen molar-refractivity contribution in [2.24, 2.45) is 0 Å². The van der Waals surface area contributed by atoms with E-state index in [2.05, 4.69) is 33.4 Å². The van der Waals surface area contributed by atoms with Crippen molar-refractivity contribution in [1.29, 1.82) is 0 Å². The van der Waals surface area contributed by atoms with E-state index in [1.807, 2.05) is 11.6 Å². The Balaban J connectivity index is 1.75. The maximum Gasteiger partial charge on any atom is 0.222 e. The third-order valence-corrected chi connectivity index (χ3v) is 2.50. The molecule has 2 rings (SSSR count). The number of hydrogen-bond acceptors (Lipinski definition) is 4. The number of aryl methyl sites for hydroxylation is 3. The molecule has 1 N–H and O–H groups in total. The van der Waals surface area contributed by atoms with E-state index >= 15 is 0 Å². The van der Waals surface area contributed by atoms with E-state index in [0.717, 1.165) is 25.2 Å². The number of nitrogens with one attached hydrogen (secondary N) is 1. The molecule has 0 fully saturated rings. The largest absolute Gasteiger partial charge is 0.354 e. The van der Waals surface area contributed by atoms with Crippen LogP contribution in [0.25, 0.3) is 0 Å². The van der Waals surface area contributed by atoms with Crippen LogP contribution in [0.3, 0.4) is 0 Å². The van der Waals surface area contributed by atoms with Crippen molar-refractivity contribution in [1.82, 2.24) is 19.7 Å². The lowest BCUT2D eigenvalue weighted by atomic mass is 10.4. The SMILES string of the molecule is Cc1cc(C)n(CCCNc2ncccn2)n1. The summed E-state index contributed by atoms with van der Waals surface area (Å²) in [6.07, 6.45) is 4.47. The van der Waals surface area contributed by atoms with Crippen molar-refractivity contribution in [3.05, 3.63) is 35.9 Å². The van der Waals surface area contributed by atoms with Gasteiger partial charge in [-0.2, -0.15) is 5.10 Å². The number of hydrogen-bond donors (Lipinski definition) is 1. The Morgan fingerprint density at radius 3 is 2.65 bits per heavy atom. The summed E-state index contributed by atoms with van der Waals surface area (Å²) in [5, 5.41) is 7.59. The van der Waals surface area contributed by atoms with Crippen molar-refractivity contribution in [2.45, 2.75) is 26.8 Å². The molecular weight excluding hydrogens is 214 g/mol. The molecule has 0 aliphatic carbocycles. The first kappa shape index (κ1) is 11.6. The minimum Gasteiger partial charge on any atom is -0.354 e. The monoisotopic (exact) mass is 231 g/mol. The molecule has 0 aliphatic rings. The molecule has 0 saturated heterocycles. The van der Waals surface area contributed by atoms with Gasteiger partial charge in [-0.15, -0.1) is 0 Å². The summed E-state index contributed by atoms with van der Waals surface area (Å²) in [6, 6.07) is 3.90. The zero-order chi connectivity index (χ0) is 12.1. The van der Waals surface area contributed by atoms with Crippen LogP contribution in [0.1, 0.15) is 17.8 Å². The molecule has 0 aromatic carbocycles. The van der Waals surface area contributed by atoms with E-state index in [-0.39, 0.29) is 0 Å². The van der Waals surface area contributed by atoms with E-state index in [1.165, 1.54) is 5.69 Å². The topological polar surface area (TPSA) is 55.6 Å². The Kier molecular flexibility index (Phi) is 3.69. The van der Waals surface area contributed by atoms with E-state index in [0.29, 0.717) is 5.95 Å². The van der Waals surface area contributed by atoms with Gasteiger partial charge in [-0.3, -0.25) is 4.68 Å². The molecule has 0 radical (unpaired) electrons. The fourth-order valence-electron chi connectivity index (χ4n) is 1.72. The van der Waals surface area contributed by atoms with Crippen molar-refractivity contribution in [3.63, 3.8) is 0 Å². The van der Waals surface area contributed by atoms with Crippen molar-refractivity contribution < 1.29 is 0 Å². The predicted octanol–water partition coefficient (Wildman–Crippen LogP) is 1.79. The van der Waals surface area contributed by atoms with E-state index in [1.54, 1.807) is 18.5 Å². The van der Waals surface area contributed by atoms with Crippen molar-refractivity contribution in [3.8, 4) is 0 Å². The number of rotatable bonds is 5. The van der Waals surface area contributed by atoms with Gasteiger partial charge in [-0.25, -0.2) is 9.97 Å². The van der Waals surface area contributed by atoms with Gasteiger partial charge < -0.3 is 5.32 Å².